The van der Waals surface area contributed by atoms with Gasteiger partial charge in [-0.15, -0.1) is 0 Å². The second-order valence-corrected chi connectivity index (χ2v) is 4.20. The van der Waals surface area contributed by atoms with Gasteiger partial charge in [0.05, 0.1) is 12.0 Å². The van der Waals surface area contributed by atoms with Crippen molar-refractivity contribution >= 4 is 17.5 Å². The average molecular weight is 268 g/mol. The van der Waals surface area contributed by atoms with Crippen LogP contribution in [-0.2, 0) is 4.79 Å². The molecular formula is C10H12N4O5. The van der Waals surface area contributed by atoms with E-state index in [0.717, 1.165) is 12.7 Å². The van der Waals surface area contributed by atoms with Crippen molar-refractivity contribution in [2.75, 3.05) is 12.4 Å². The lowest BCUT2D eigenvalue weighted by Crippen LogP contribution is -2.52. The number of hydrogen-bond donors (Lipinski definition) is 2. The van der Waals surface area contributed by atoms with E-state index < -0.39 is 22.1 Å². The number of anilines is 1. The Hall–Kier alpha value is -2.45. The van der Waals surface area contributed by atoms with Crippen molar-refractivity contribution in [2.24, 2.45) is 0 Å². The summed E-state index contributed by atoms with van der Waals surface area (Å²) in [5.41, 5.74) is -1.65. The number of carboxylic acids is 1. The molecule has 1 saturated carbocycles. The predicted octanol–water partition coefficient (Wildman–Crippen LogP) is 0.813. The first-order chi connectivity index (χ1) is 9.00. The molecule has 0 unspecified atom stereocenters. The largest absolute Gasteiger partial charge is 0.480 e. The third kappa shape index (κ3) is 2.14. The Balaban J connectivity index is 2.40. The molecule has 9 nitrogen and oxygen atoms in total. The molecule has 1 aromatic rings. The van der Waals surface area contributed by atoms with Crippen molar-refractivity contribution in [3.63, 3.8) is 0 Å². The van der Waals surface area contributed by atoms with Crippen LogP contribution in [0.25, 0.3) is 0 Å². The van der Waals surface area contributed by atoms with Gasteiger partial charge < -0.3 is 15.2 Å². The summed E-state index contributed by atoms with van der Waals surface area (Å²) in [7, 11) is 1.25. The third-order valence-electron chi connectivity index (χ3n) is 3.14. The van der Waals surface area contributed by atoms with E-state index in [-0.39, 0.29) is 11.7 Å². The summed E-state index contributed by atoms with van der Waals surface area (Å²) in [5, 5.41) is 22.9. The molecular weight excluding hydrogens is 256 g/mol. The number of carboxylic acid groups (broad SMARTS) is 1. The topological polar surface area (TPSA) is 127 Å². The van der Waals surface area contributed by atoms with Crippen molar-refractivity contribution in [3.05, 3.63) is 16.4 Å². The molecule has 0 saturated heterocycles. The molecule has 1 aliphatic carbocycles. The van der Waals surface area contributed by atoms with Crippen LogP contribution in [0.2, 0.25) is 0 Å². The number of ether oxygens (including phenoxy) is 1. The standard InChI is InChI=1S/C10H12N4O5/c1-19-8-6(14(17)18)7(11-5-12-8)13-10(9(15)16)3-2-4-10/h5H,2-4H2,1H3,(H,15,16)(H,11,12,13). The maximum atomic E-state index is 11.2. The third-order valence-corrected chi connectivity index (χ3v) is 3.14. The molecule has 1 aliphatic rings. The molecule has 0 aromatic carbocycles. The molecule has 102 valence electrons. The van der Waals surface area contributed by atoms with E-state index >= 15 is 0 Å². The Labute approximate surface area is 107 Å². The molecule has 0 bridgehead atoms. The van der Waals surface area contributed by atoms with Crippen molar-refractivity contribution in [1.29, 1.82) is 0 Å². The Morgan fingerprint density at radius 1 is 1.58 bits per heavy atom. The first kappa shape index (κ1) is 13.0. The van der Waals surface area contributed by atoms with Crippen LogP contribution in [0.1, 0.15) is 19.3 Å². The van der Waals surface area contributed by atoms with E-state index in [1.54, 1.807) is 0 Å². The summed E-state index contributed by atoms with van der Waals surface area (Å²) < 4.78 is 4.79. The molecule has 19 heavy (non-hydrogen) atoms. The van der Waals surface area contributed by atoms with Crippen molar-refractivity contribution in [3.8, 4) is 5.88 Å². The molecule has 1 fully saturated rings. The minimum absolute atomic E-state index is 0.140. The minimum Gasteiger partial charge on any atom is -0.480 e. The van der Waals surface area contributed by atoms with Gasteiger partial charge >= 0.3 is 11.7 Å². The molecule has 0 amide bonds. The van der Waals surface area contributed by atoms with Gasteiger partial charge in [0.15, 0.2) is 0 Å². The van der Waals surface area contributed by atoms with Crippen LogP contribution in [0, 0.1) is 10.1 Å². The van der Waals surface area contributed by atoms with Gasteiger partial charge in [0.25, 0.3) is 5.88 Å². The molecule has 0 radical (unpaired) electrons. The smallest absolute Gasteiger partial charge is 0.372 e. The lowest BCUT2D eigenvalue weighted by Gasteiger charge is -2.38. The highest BCUT2D eigenvalue weighted by molar-refractivity contribution is 5.84. The summed E-state index contributed by atoms with van der Waals surface area (Å²) in [6.45, 7) is 0. The van der Waals surface area contributed by atoms with Crippen molar-refractivity contribution < 1.29 is 19.6 Å². The number of nitrogens with one attached hydrogen (secondary N) is 1. The Morgan fingerprint density at radius 3 is 2.68 bits per heavy atom. The first-order valence-corrected chi connectivity index (χ1v) is 5.55. The van der Waals surface area contributed by atoms with Gasteiger partial charge in [-0.05, 0) is 19.3 Å². The van der Waals surface area contributed by atoms with Gasteiger partial charge in [-0.25, -0.2) is 9.78 Å². The van der Waals surface area contributed by atoms with E-state index in [9.17, 15) is 20.0 Å². The van der Waals surface area contributed by atoms with Gasteiger partial charge in [-0.3, -0.25) is 10.1 Å². The summed E-state index contributed by atoms with van der Waals surface area (Å²) in [4.78, 5) is 28.9. The van der Waals surface area contributed by atoms with Crippen LogP contribution < -0.4 is 10.1 Å². The zero-order valence-corrected chi connectivity index (χ0v) is 10.1. The molecule has 0 atom stereocenters. The number of carbonyl (C=O) groups is 1. The zero-order chi connectivity index (χ0) is 14.0. The van der Waals surface area contributed by atoms with Crippen LogP contribution in [0.5, 0.6) is 5.88 Å². The highest BCUT2D eigenvalue weighted by Crippen LogP contribution is 2.39. The Kier molecular flexibility index (Phi) is 3.19. The van der Waals surface area contributed by atoms with Crippen LogP contribution in [0.4, 0.5) is 11.5 Å². The highest BCUT2D eigenvalue weighted by Gasteiger charge is 2.46. The first-order valence-electron chi connectivity index (χ1n) is 5.55. The fourth-order valence-corrected chi connectivity index (χ4v) is 1.92. The van der Waals surface area contributed by atoms with Gasteiger partial charge in [0.1, 0.15) is 11.9 Å². The molecule has 9 heteroatoms. The monoisotopic (exact) mass is 268 g/mol. The maximum absolute atomic E-state index is 11.2. The Bertz CT molecular complexity index is 529. The number of methoxy groups -OCH3 is 1. The fraction of sp³-hybridized carbons (Fsp3) is 0.500. The van der Waals surface area contributed by atoms with Gasteiger partial charge in [-0.1, -0.05) is 0 Å². The lowest BCUT2D eigenvalue weighted by atomic mass is 9.77. The van der Waals surface area contributed by atoms with E-state index in [0.29, 0.717) is 12.8 Å². The minimum atomic E-state index is -1.19. The predicted molar refractivity (Wildman–Crippen MR) is 63.1 cm³/mol. The number of aromatic nitrogens is 2. The van der Waals surface area contributed by atoms with E-state index in [4.69, 9.17) is 4.74 Å². The normalized spacial score (nSPS) is 16.3. The average Bonchev–Trinajstić information content (AvgIpc) is 2.32. The number of nitrogens with zero attached hydrogens (tertiary/aromatic N) is 3. The highest BCUT2D eigenvalue weighted by atomic mass is 16.6. The second kappa shape index (κ2) is 4.67. The molecule has 2 rings (SSSR count). The summed E-state index contributed by atoms with van der Waals surface area (Å²) in [5.74, 6) is -1.40. The van der Waals surface area contributed by atoms with Crippen LogP contribution in [0.15, 0.2) is 6.33 Å². The van der Waals surface area contributed by atoms with E-state index in [1.165, 1.54) is 7.11 Å². The van der Waals surface area contributed by atoms with Gasteiger partial charge in [0, 0.05) is 0 Å². The number of nitro groups is 1. The fourth-order valence-electron chi connectivity index (χ4n) is 1.92. The molecule has 0 spiro atoms. The number of hydrogen-bond acceptors (Lipinski definition) is 7. The molecule has 0 aliphatic heterocycles. The summed E-state index contributed by atoms with van der Waals surface area (Å²) >= 11 is 0. The van der Waals surface area contributed by atoms with E-state index in [1.807, 2.05) is 0 Å². The summed E-state index contributed by atoms with van der Waals surface area (Å²) in [6, 6.07) is 0. The maximum Gasteiger partial charge on any atom is 0.372 e. The lowest BCUT2D eigenvalue weighted by molar-refractivity contribution is -0.385. The quantitative estimate of drug-likeness (QED) is 0.593. The number of aliphatic carboxylic acids is 1. The van der Waals surface area contributed by atoms with Crippen molar-refractivity contribution in [2.45, 2.75) is 24.8 Å². The number of rotatable bonds is 5. The second-order valence-electron chi connectivity index (χ2n) is 4.20. The van der Waals surface area contributed by atoms with Gasteiger partial charge in [0.2, 0.25) is 5.82 Å². The Morgan fingerprint density at radius 2 is 2.26 bits per heavy atom. The van der Waals surface area contributed by atoms with Crippen LogP contribution in [-0.4, -0.2) is 38.6 Å². The van der Waals surface area contributed by atoms with E-state index in [2.05, 4.69) is 15.3 Å². The molecule has 1 heterocycles. The zero-order valence-electron chi connectivity index (χ0n) is 10.1. The molecule has 2 N–H and O–H groups in total. The summed E-state index contributed by atoms with van der Waals surface area (Å²) in [6.07, 6.45) is 2.62. The molecule has 1 aromatic heterocycles. The van der Waals surface area contributed by atoms with Crippen LogP contribution >= 0.6 is 0 Å². The van der Waals surface area contributed by atoms with Crippen molar-refractivity contribution in [1.82, 2.24) is 9.97 Å². The SMILES string of the molecule is COc1ncnc(NC2(C(=O)O)CCC2)c1[N+](=O)[O-]. The van der Waals surface area contributed by atoms with Gasteiger partial charge in [-0.2, -0.15) is 4.98 Å². The van der Waals surface area contributed by atoms with Crippen LogP contribution in [0.3, 0.4) is 0 Å².